The van der Waals surface area contributed by atoms with Gasteiger partial charge in [-0.3, -0.25) is 4.57 Å². The third-order valence-corrected chi connectivity index (χ3v) is 6.99. The van der Waals surface area contributed by atoms with Crippen molar-refractivity contribution < 1.29 is 17.2 Å². The summed E-state index contributed by atoms with van der Waals surface area (Å²) in [5, 5.41) is 7.36. The fraction of sp³-hybridized carbons (Fsp3) is 0.368. The highest BCUT2D eigenvalue weighted by Crippen LogP contribution is 2.41. The zero-order chi connectivity index (χ0) is 19.0. The Kier molecular flexibility index (Phi) is 4.59. The second-order valence-electron chi connectivity index (χ2n) is 6.77. The van der Waals surface area contributed by atoms with E-state index in [1.165, 1.54) is 24.3 Å². The molecule has 0 unspecified atom stereocenters. The monoisotopic (exact) mass is 389 g/mol. The molecule has 1 aliphatic carbocycles. The van der Waals surface area contributed by atoms with Gasteiger partial charge in [-0.05, 0) is 49.1 Å². The summed E-state index contributed by atoms with van der Waals surface area (Å²) in [5.41, 5.74) is 0.541. The molecule has 2 heterocycles. The zero-order valence-electron chi connectivity index (χ0n) is 14.9. The van der Waals surface area contributed by atoms with Gasteiger partial charge in [0.05, 0.1) is 18.1 Å². The van der Waals surface area contributed by atoms with Crippen LogP contribution in [0.5, 0.6) is 0 Å². The molecule has 1 fully saturated rings. The number of halogens is 1. The van der Waals surface area contributed by atoms with Gasteiger partial charge in [-0.2, -0.15) is 0 Å². The molecule has 2 aromatic heterocycles. The molecular weight excluding hydrogens is 369 g/mol. The Hall–Kier alpha value is -2.48. The van der Waals surface area contributed by atoms with Crippen molar-refractivity contribution in [1.29, 1.82) is 0 Å². The standard InChI is InChI=1S/C19H20FN3O3S/c1-2-17(13-7-9-15(20)10-8-13)27(24,25)19-22-21-18(14-5-6-14)23(19)12-16-4-3-11-26-16/h3-4,7-11,14,17H,2,5-6,12H2,1H3/t17-/m0/s1. The quantitative estimate of drug-likeness (QED) is 0.613. The fourth-order valence-electron chi connectivity index (χ4n) is 3.30. The van der Waals surface area contributed by atoms with Crippen LogP contribution >= 0.6 is 0 Å². The molecule has 0 N–H and O–H groups in total. The second-order valence-corrected chi connectivity index (χ2v) is 8.80. The predicted molar refractivity (Wildman–Crippen MR) is 96.4 cm³/mol. The van der Waals surface area contributed by atoms with Crippen LogP contribution in [-0.4, -0.2) is 23.2 Å². The molecule has 3 aromatic rings. The van der Waals surface area contributed by atoms with Crippen LogP contribution in [0.3, 0.4) is 0 Å². The van der Waals surface area contributed by atoms with Crippen LogP contribution in [0.15, 0.2) is 52.2 Å². The van der Waals surface area contributed by atoms with Crippen LogP contribution in [0.25, 0.3) is 0 Å². The van der Waals surface area contributed by atoms with Gasteiger partial charge in [-0.15, -0.1) is 10.2 Å². The summed E-state index contributed by atoms with van der Waals surface area (Å²) in [7, 11) is -3.81. The first-order valence-electron chi connectivity index (χ1n) is 8.95. The smallest absolute Gasteiger partial charge is 0.250 e. The van der Waals surface area contributed by atoms with Crippen molar-refractivity contribution in [1.82, 2.24) is 14.8 Å². The Bertz CT molecular complexity index is 1020. The maximum absolute atomic E-state index is 13.4. The number of sulfone groups is 1. The van der Waals surface area contributed by atoms with Gasteiger partial charge < -0.3 is 4.42 Å². The molecule has 6 nitrogen and oxygen atoms in total. The van der Waals surface area contributed by atoms with E-state index in [1.807, 2.05) is 0 Å². The van der Waals surface area contributed by atoms with E-state index in [0.717, 1.165) is 12.8 Å². The van der Waals surface area contributed by atoms with Crippen molar-refractivity contribution in [2.24, 2.45) is 0 Å². The van der Waals surface area contributed by atoms with E-state index in [4.69, 9.17) is 4.42 Å². The molecule has 8 heteroatoms. The minimum atomic E-state index is -3.81. The van der Waals surface area contributed by atoms with Crippen molar-refractivity contribution in [2.45, 2.75) is 49.1 Å². The third-order valence-electron chi connectivity index (χ3n) is 4.82. The molecule has 0 spiro atoms. The molecule has 1 aromatic carbocycles. The highest BCUT2D eigenvalue weighted by atomic mass is 32.2. The molecule has 1 aliphatic rings. The maximum atomic E-state index is 13.4. The summed E-state index contributed by atoms with van der Waals surface area (Å²) < 4.78 is 47.1. The van der Waals surface area contributed by atoms with Crippen LogP contribution < -0.4 is 0 Å². The van der Waals surface area contributed by atoms with Crippen LogP contribution in [0.4, 0.5) is 4.39 Å². The number of hydrogen-bond donors (Lipinski definition) is 0. The van der Waals surface area contributed by atoms with Crippen molar-refractivity contribution in [3.05, 3.63) is 65.6 Å². The van der Waals surface area contributed by atoms with Crippen molar-refractivity contribution in [2.75, 3.05) is 0 Å². The van der Waals surface area contributed by atoms with E-state index in [2.05, 4.69) is 10.2 Å². The highest BCUT2D eigenvalue weighted by Gasteiger charge is 2.37. The number of furan rings is 1. The Morgan fingerprint density at radius 2 is 1.96 bits per heavy atom. The molecule has 4 rings (SSSR count). The summed E-state index contributed by atoms with van der Waals surface area (Å²) in [6, 6.07) is 9.13. The first-order valence-corrected chi connectivity index (χ1v) is 10.5. The predicted octanol–water partition coefficient (Wildman–Crippen LogP) is 3.86. The average molecular weight is 389 g/mol. The lowest BCUT2D eigenvalue weighted by Gasteiger charge is -2.17. The number of benzene rings is 1. The maximum Gasteiger partial charge on any atom is 0.250 e. The van der Waals surface area contributed by atoms with E-state index < -0.39 is 20.9 Å². The van der Waals surface area contributed by atoms with E-state index in [1.54, 1.807) is 29.9 Å². The molecule has 0 bridgehead atoms. The van der Waals surface area contributed by atoms with Crippen LogP contribution in [0, 0.1) is 5.82 Å². The SMILES string of the molecule is CC[C@@H](c1ccc(F)cc1)S(=O)(=O)c1nnc(C2CC2)n1Cc1ccco1. The number of hydrogen-bond acceptors (Lipinski definition) is 5. The topological polar surface area (TPSA) is 78.0 Å². The minimum absolute atomic E-state index is 0.0584. The molecule has 0 amide bonds. The first kappa shape index (κ1) is 17.9. The molecule has 142 valence electrons. The fourth-order valence-corrected chi connectivity index (χ4v) is 5.13. The minimum Gasteiger partial charge on any atom is -0.467 e. The Labute approximate surface area is 157 Å². The van der Waals surface area contributed by atoms with E-state index in [9.17, 15) is 12.8 Å². The molecule has 0 saturated heterocycles. The summed E-state index contributed by atoms with van der Waals surface area (Å²) in [4.78, 5) is 0. The lowest BCUT2D eigenvalue weighted by Crippen LogP contribution is -2.19. The van der Waals surface area contributed by atoms with Crippen LogP contribution in [-0.2, 0) is 16.4 Å². The summed E-state index contributed by atoms with van der Waals surface area (Å²) in [6.07, 6.45) is 3.86. The number of rotatable bonds is 7. The van der Waals surface area contributed by atoms with E-state index in [-0.39, 0.29) is 17.6 Å². The lowest BCUT2D eigenvalue weighted by atomic mass is 10.1. The molecule has 1 saturated carbocycles. The van der Waals surface area contributed by atoms with Crippen LogP contribution in [0.2, 0.25) is 0 Å². The lowest BCUT2D eigenvalue weighted by molar-refractivity contribution is 0.473. The summed E-state index contributed by atoms with van der Waals surface area (Å²) in [5.74, 6) is 1.16. The van der Waals surface area contributed by atoms with Gasteiger partial charge in [0.25, 0.3) is 5.16 Å². The van der Waals surface area contributed by atoms with Crippen molar-refractivity contribution >= 4 is 9.84 Å². The largest absolute Gasteiger partial charge is 0.467 e. The zero-order valence-corrected chi connectivity index (χ0v) is 15.7. The molecule has 0 aliphatic heterocycles. The molecular formula is C19H20FN3O3S. The van der Waals surface area contributed by atoms with Crippen molar-refractivity contribution in [3.8, 4) is 0 Å². The third kappa shape index (κ3) is 3.41. The Morgan fingerprint density at radius 3 is 2.56 bits per heavy atom. The van der Waals surface area contributed by atoms with Gasteiger partial charge in [0.2, 0.25) is 9.84 Å². The van der Waals surface area contributed by atoms with Crippen molar-refractivity contribution in [3.63, 3.8) is 0 Å². The van der Waals surface area contributed by atoms with E-state index >= 15 is 0 Å². The molecule has 0 radical (unpaired) electrons. The van der Waals surface area contributed by atoms with Gasteiger partial charge >= 0.3 is 0 Å². The Morgan fingerprint density at radius 1 is 1.22 bits per heavy atom. The van der Waals surface area contributed by atoms with Gasteiger partial charge in [0.1, 0.15) is 17.4 Å². The number of aromatic nitrogens is 3. The summed E-state index contributed by atoms with van der Waals surface area (Å²) >= 11 is 0. The summed E-state index contributed by atoms with van der Waals surface area (Å²) in [6.45, 7) is 2.06. The first-order chi connectivity index (χ1) is 13.0. The second kappa shape index (κ2) is 6.92. The highest BCUT2D eigenvalue weighted by molar-refractivity contribution is 7.91. The average Bonchev–Trinajstić information content (AvgIpc) is 3.18. The van der Waals surface area contributed by atoms with Gasteiger partial charge in [0.15, 0.2) is 0 Å². The normalized spacial score (nSPS) is 15.8. The van der Waals surface area contributed by atoms with Crippen LogP contribution in [0.1, 0.15) is 54.5 Å². The van der Waals surface area contributed by atoms with Gasteiger partial charge in [-0.1, -0.05) is 19.1 Å². The Balaban J connectivity index is 1.77. The van der Waals surface area contributed by atoms with Gasteiger partial charge in [-0.25, -0.2) is 12.8 Å². The molecule has 1 atom stereocenters. The van der Waals surface area contributed by atoms with E-state index in [0.29, 0.717) is 23.6 Å². The van der Waals surface area contributed by atoms with Gasteiger partial charge in [0, 0.05) is 5.92 Å². The molecule has 27 heavy (non-hydrogen) atoms. The number of nitrogens with zero attached hydrogens (tertiary/aromatic N) is 3.